The van der Waals surface area contributed by atoms with Gasteiger partial charge in [0.1, 0.15) is 0 Å². The standard InChI is InChI=1S/C17H23NO3/c1-12(9-11-18-10-3-4-16(18)19)13(2)14-5-7-15(8-6-14)17(20)21/h5-8,12-13H,3-4,9-11H2,1-2H3,(H,20,21). The van der Waals surface area contributed by atoms with E-state index < -0.39 is 5.97 Å². The summed E-state index contributed by atoms with van der Waals surface area (Å²) in [6.45, 7) is 6.08. The van der Waals surface area contributed by atoms with E-state index in [1.54, 1.807) is 12.1 Å². The molecule has 2 atom stereocenters. The van der Waals surface area contributed by atoms with E-state index in [0.717, 1.165) is 31.5 Å². The number of amides is 1. The largest absolute Gasteiger partial charge is 0.478 e. The molecule has 1 aliphatic heterocycles. The molecular weight excluding hydrogens is 266 g/mol. The molecule has 0 bridgehead atoms. The maximum Gasteiger partial charge on any atom is 0.335 e. The molecule has 1 aliphatic rings. The van der Waals surface area contributed by atoms with E-state index in [1.807, 2.05) is 17.0 Å². The Morgan fingerprint density at radius 2 is 1.95 bits per heavy atom. The molecule has 1 saturated heterocycles. The van der Waals surface area contributed by atoms with Gasteiger partial charge in [-0.3, -0.25) is 4.79 Å². The van der Waals surface area contributed by atoms with Crippen molar-refractivity contribution in [3.05, 3.63) is 35.4 Å². The minimum atomic E-state index is -0.894. The van der Waals surface area contributed by atoms with E-state index in [0.29, 0.717) is 23.8 Å². The van der Waals surface area contributed by atoms with Gasteiger partial charge in [0.05, 0.1) is 5.56 Å². The fourth-order valence-electron chi connectivity index (χ4n) is 2.81. The van der Waals surface area contributed by atoms with Gasteiger partial charge in [-0.15, -0.1) is 0 Å². The molecule has 1 fully saturated rings. The normalized spacial score (nSPS) is 17.8. The number of aromatic carboxylic acids is 1. The van der Waals surface area contributed by atoms with Crippen LogP contribution in [-0.4, -0.2) is 35.0 Å². The summed E-state index contributed by atoms with van der Waals surface area (Å²) in [5.74, 6) is 0.190. The summed E-state index contributed by atoms with van der Waals surface area (Å²) in [6, 6.07) is 7.10. The lowest BCUT2D eigenvalue weighted by Crippen LogP contribution is -2.27. The molecule has 2 rings (SSSR count). The monoisotopic (exact) mass is 289 g/mol. The third-order valence-corrected chi connectivity index (χ3v) is 4.56. The Morgan fingerprint density at radius 1 is 1.29 bits per heavy atom. The van der Waals surface area contributed by atoms with Crippen molar-refractivity contribution in [2.45, 2.75) is 39.0 Å². The number of nitrogens with zero attached hydrogens (tertiary/aromatic N) is 1. The first-order valence-electron chi connectivity index (χ1n) is 7.60. The second-order valence-corrected chi connectivity index (χ2v) is 5.97. The maximum atomic E-state index is 11.6. The molecule has 0 aromatic heterocycles. The smallest absolute Gasteiger partial charge is 0.335 e. The number of carbonyl (C=O) groups excluding carboxylic acids is 1. The molecule has 114 valence electrons. The van der Waals surface area contributed by atoms with Crippen molar-refractivity contribution in [3.63, 3.8) is 0 Å². The Balaban J connectivity index is 1.90. The number of carbonyl (C=O) groups is 2. The molecule has 0 saturated carbocycles. The van der Waals surface area contributed by atoms with Crippen molar-refractivity contribution < 1.29 is 14.7 Å². The van der Waals surface area contributed by atoms with Crippen LogP contribution in [0.3, 0.4) is 0 Å². The Labute approximate surface area is 125 Å². The summed E-state index contributed by atoms with van der Waals surface area (Å²) in [6.07, 6.45) is 2.66. The van der Waals surface area contributed by atoms with Crippen molar-refractivity contribution in [2.24, 2.45) is 5.92 Å². The van der Waals surface area contributed by atoms with Gasteiger partial charge < -0.3 is 10.0 Å². The highest BCUT2D eigenvalue weighted by atomic mass is 16.4. The van der Waals surface area contributed by atoms with E-state index >= 15 is 0 Å². The average Bonchev–Trinajstić information content (AvgIpc) is 2.89. The van der Waals surface area contributed by atoms with Crippen LogP contribution in [0.5, 0.6) is 0 Å². The van der Waals surface area contributed by atoms with Crippen LogP contribution >= 0.6 is 0 Å². The molecular formula is C17H23NO3. The molecule has 1 aromatic rings. The number of hydrogen-bond acceptors (Lipinski definition) is 2. The third kappa shape index (κ3) is 3.84. The maximum absolute atomic E-state index is 11.6. The Bertz CT molecular complexity index is 509. The Kier molecular flexibility index (Phi) is 4.99. The van der Waals surface area contributed by atoms with Crippen LogP contribution in [0.2, 0.25) is 0 Å². The molecule has 21 heavy (non-hydrogen) atoms. The highest BCUT2D eigenvalue weighted by Crippen LogP contribution is 2.27. The number of benzene rings is 1. The minimum Gasteiger partial charge on any atom is -0.478 e. The van der Waals surface area contributed by atoms with E-state index in [1.165, 1.54) is 0 Å². The number of likely N-dealkylation sites (tertiary alicyclic amines) is 1. The zero-order valence-corrected chi connectivity index (χ0v) is 12.7. The average molecular weight is 289 g/mol. The topological polar surface area (TPSA) is 57.6 Å². The quantitative estimate of drug-likeness (QED) is 0.875. The van der Waals surface area contributed by atoms with Gasteiger partial charge in [-0.25, -0.2) is 4.79 Å². The van der Waals surface area contributed by atoms with Crippen LogP contribution in [0.1, 0.15) is 54.9 Å². The summed E-state index contributed by atoms with van der Waals surface area (Å²) in [5.41, 5.74) is 1.47. The summed E-state index contributed by atoms with van der Waals surface area (Å²) in [7, 11) is 0. The van der Waals surface area contributed by atoms with E-state index in [2.05, 4.69) is 13.8 Å². The summed E-state index contributed by atoms with van der Waals surface area (Å²) < 4.78 is 0. The lowest BCUT2D eigenvalue weighted by molar-refractivity contribution is -0.127. The lowest BCUT2D eigenvalue weighted by Gasteiger charge is -2.23. The SMILES string of the molecule is CC(CCN1CCCC1=O)C(C)c1ccc(C(=O)O)cc1. The van der Waals surface area contributed by atoms with Gasteiger partial charge in [0.15, 0.2) is 0 Å². The number of hydrogen-bond donors (Lipinski definition) is 1. The summed E-state index contributed by atoms with van der Waals surface area (Å²) >= 11 is 0. The number of carboxylic acids is 1. The van der Waals surface area contributed by atoms with Crippen LogP contribution in [0.4, 0.5) is 0 Å². The van der Waals surface area contributed by atoms with Gasteiger partial charge in [0.25, 0.3) is 0 Å². The predicted octanol–water partition coefficient (Wildman–Crippen LogP) is 3.14. The van der Waals surface area contributed by atoms with E-state index in [4.69, 9.17) is 5.11 Å². The first-order valence-corrected chi connectivity index (χ1v) is 7.60. The molecule has 1 N–H and O–H groups in total. The van der Waals surface area contributed by atoms with Crippen molar-refractivity contribution >= 4 is 11.9 Å². The van der Waals surface area contributed by atoms with Crippen molar-refractivity contribution in [3.8, 4) is 0 Å². The molecule has 2 unspecified atom stereocenters. The van der Waals surface area contributed by atoms with Crippen molar-refractivity contribution in [1.82, 2.24) is 4.90 Å². The van der Waals surface area contributed by atoms with E-state index in [9.17, 15) is 9.59 Å². The highest BCUT2D eigenvalue weighted by Gasteiger charge is 2.22. The predicted molar refractivity (Wildman–Crippen MR) is 81.4 cm³/mol. The third-order valence-electron chi connectivity index (χ3n) is 4.56. The van der Waals surface area contributed by atoms with Crippen molar-refractivity contribution in [2.75, 3.05) is 13.1 Å². The molecule has 0 radical (unpaired) electrons. The van der Waals surface area contributed by atoms with Crippen molar-refractivity contribution in [1.29, 1.82) is 0 Å². The lowest BCUT2D eigenvalue weighted by atomic mass is 9.86. The van der Waals surface area contributed by atoms with Gasteiger partial charge in [-0.2, -0.15) is 0 Å². The minimum absolute atomic E-state index is 0.278. The van der Waals surface area contributed by atoms with Gasteiger partial charge in [-0.05, 0) is 42.4 Å². The molecule has 0 spiro atoms. The second kappa shape index (κ2) is 6.74. The van der Waals surface area contributed by atoms with Crippen LogP contribution in [0.25, 0.3) is 0 Å². The number of rotatable bonds is 6. The van der Waals surface area contributed by atoms with Gasteiger partial charge >= 0.3 is 5.97 Å². The van der Waals surface area contributed by atoms with Gasteiger partial charge in [0, 0.05) is 19.5 Å². The van der Waals surface area contributed by atoms with E-state index in [-0.39, 0.29) is 5.91 Å². The summed E-state index contributed by atoms with van der Waals surface area (Å²) in [4.78, 5) is 24.4. The molecule has 1 aromatic carbocycles. The fourth-order valence-corrected chi connectivity index (χ4v) is 2.81. The first-order chi connectivity index (χ1) is 9.99. The molecule has 4 heteroatoms. The Morgan fingerprint density at radius 3 is 2.48 bits per heavy atom. The molecule has 1 heterocycles. The van der Waals surface area contributed by atoms with Crippen LogP contribution in [0, 0.1) is 5.92 Å². The van der Waals surface area contributed by atoms with Crippen LogP contribution < -0.4 is 0 Å². The highest BCUT2D eigenvalue weighted by molar-refractivity contribution is 5.87. The zero-order valence-electron chi connectivity index (χ0n) is 12.7. The second-order valence-electron chi connectivity index (χ2n) is 5.97. The molecule has 1 amide bonds. The van der Waals surface area contributed by atoms with Crippen LogP contribution in [0.15, 0.2) is 24.3 Å². The van der Waals surface area contributed by atoms with Gasteiger partial charge in [-0.1, -0.05) is 26.0 Å². The van der Waals surface area contributed by atoms with Gasteiger partial charge in [0.2, 0.25) is 5.91 Å². The zero-order chi connectivity index (χ0) is 15.4. The fraction of sp³-hybridized carbons (Fsp3) is 0.529. The number of carboxylic acid groups (broad SMARTS) is 1. The first kappa shape index (κ1) is 15.5. The van der Waals surface area contributed by atoms with Crippen LogP contribution in [-0.2, 0) is 4.79 Å². The Hall–Kier alpha value is -1.84. The molecule has 0 aliphatic carbocycles. The molecule has 4 nitrogen and oxygen atoms in total. The summed E-state index contributed by atoms with van der Waals surface area (Å²) in [5, 5.41) is 8.92.